The summed E-state index contributed by atoms with van der Waals surface area (Å²) in [6.45, 7) is 1.88. The molecule has 0 spiro atoms. The van der Waals surface area contributed by atoms with Gasteiger partial charge in [0.1, 0.15) is 11.4 Å². The van der Waals surface area contributed by atoms with Gasteiger partial charge in [-0.2, -0.15) is 16.6 Å². The standard InChI is InChI=1S/C30H26N6O3S/c1-2-22(17-37)34-30(39)27-26(21-11-13-40-18-21)35-28-25(8-5-12-36(27)28)29(38)33-16-23-10-9-20(15-32-23)24-7-4-3-6-19(24)14-31/h3-13,15,18,22,37H,2,16-17H2,1H3,(H,33,38)(H,34,39)/t22-/m0/s1. The number of carbonyl (C=O) groups is 2. The highest BCUT2D eigenvalue weighted by Crippen LogP contribution is 2.28. The second-order valence-corrected chi connectivity index (χ2v) is 9.86. The first-order chi connectivity index (χ1) is 19.5. The van der Waals surface area contributed by atoms with Gasteiger partial charge in [0.05, 0.1) is 42.1 Å². The average molecular weight is 551 g/mol. The topological polar surface area (TPSA) is 132 Å². The Kier molecular flexibility index (Phi) is 7.96. The summed E-state index contributed by atoms with van der Waals surface area (Å²) in [7, 11) is 0. The molecule has 4 heterocycles. The van der Waals surface area contributed by atoms with Gasteiger partial charge >= 0.3 is 0 Å². The molecule has 1 aromatic carbocycles. The number of pyridine rings is 2. The Bertz CT molecular complexity index is 1700. The van der Waals surface area contributed by atoms with E-state index in [2.05, 4.69) is 21.7 Å². The van der Waals surface area contributed by atoms with Gasteiger partial charge in [0.2, 0.25) is 0 Å². The van der Waals surface area contributed by atoms with E-state index in [9.17, 15) is 20.0 Å². The molecular formula is C30H26N6O3S. The molecule has 40 heavy (non-hydrogen) atoms. The average Bonchev–Trinajstić information content (AvgIpc) is 3.67. The van der Waals surface area contributed by atoms with Gasteiger partial charge in [0.15, 0.2) is 5.65 Å². The third kappa shape index (κ3) is 5.33. The van der Waals surface area contributed by atoms with Gasteiger partial charge < -0.3 is 15.7 Å². The third-order valence-electron chi connectivity index (χ3n) is 6.57. The van der Waals surface area contributed by atoms with Crippen molar-refractivity contribution in [2.45, 2.75) is 25.9 Å². The van der Waals surface area contributed by atoms with Crippen molar-refractivity contribution in [2.24, 2.45) is 0 Å². The number of aliphatic hydroxyl groups is 1. The van der Waals surface area contributed by atoms with Crippen LogP contribution in [0.25, 0.3) is 28.0 Å². The minimum atomic E-state index is -0.396. The first-order valence-corrected chi connectivity index (χ1v) is 13.7. The number of carbonyl (C=O) groups excluding carboxylic acids is 2. The van der Waals surface area contributed by atoms with E-state index in [1.54, 1.807) is 35.0 Å². The van der Waals surface area contributed by atoms with E-state index < -0.39 is 6.04 Å². The van der Waals surface area contributed by atoms with Crippen molar-refractivity contribution in [2.75, 3.05) is 6.61 Å². The van der Waals surface area contributed by atoms with Crippen molar-refractivity contribution in [1.29, 1.82) is 5.26 Å². The molecule has 0 bridgehead atoms. The van der Waals surface area contributed by atoms with Crippen LogP contribution in [0.3, 0.4) is 0 Å². The van der Waals surface area contributed by atoms with Crippen LogP contribution in [0.15, 0.2) is 77.8 Å². The lowest BCUT2D eigenvalue weighted by Crippen LogP contribution is -2.37. The molecule has 0 radical (unpaired) electrons. The molecule has 9 nitrogen and oxygen atoms in total. The van der Waals surface area contributed by atoms with Gasteiger partial charge in [-0.15, -0.1) is 0 Å². The van der Waals surface area contributed by atoms with E-state index in [0.29, 0.717) is 40.3 Å². The Labute approximate surface area is 234 Å². The SMILES string of the molecule is CC[C@@H](CO)NC(=O)c1c(-c2ccsc2)nc2c(C(=O)NCc3ccc(-c4ccccc4C#N)cn3)cccn12. The number of thiophene rings is 1. The molecule has 5 rings (SSSR count). The number of nitrogens with one attached hydrogen (secondary N) is 2. The summed E-state index contributed by atoms with van der Waals surface area (Å²) in [5.41, 5.74) is 5.00. The van der Waals surface area contributed by atoms with Crippen LogP contribution in [0.2, 0.25) is 0 Å². The number of hydrogen-bond donors (Lipinski definition) is 3. The second-order valence-electron chi connectivity index (χ2n) is 9.08. The fourth-order valence-electron chi connectivity index (χ4n) is 4.38. The summed E-state index contributed by atoms with van der Waals surface area (Å²) in [5, 5.41) is 28.5. The number of hydrogen-bond acceptors (Lipinski definition) is 7. The maximum absolute atomic E-state index is 13.3. The van der Waals surface area contributed by atoms with Crippen LogP contribution in [0, 0.1) is 11.3 Å². The normalized spacial score (nSPS) is 11.6. The number of benzene rings is 1. The Morgan fingerprint density at radius 3 is 2.65 bits per heavy atom. The van der Waals surface area contributed by atoms with Crippen LogP contribution in [-0.2, 0) is 6.54 Å². The van der Waals surface area contributed by atoms with Gasteiger partial charge in [-0.05, 0) is 42.1 Å². The van der Waals surface area contributed by atoms with Crippen molar-refractivity contribution >= 4 is 28.8 Å². The van der Waals surface area contributed by atoms with Crippen LogP contribution >= 0.6 is 11.3 Å². The number of nitrogens with zero attached hydrogens (tertiary/aromatic N) is 4. The lowest BCUT2D eigenvalue weighted by atomic mass is 10.0. The summed E-state index contributed by atoms with van der Waals surface area (Å²) in [6.07, 6.45) is 3.95. The van der Waals surface area contributed by atoms with E-state index in [0.717, 1.165) is 16.7 Å². The van der Waals surface area contributed by atoms with Crippen molar-refractivity contribution in [3.8, 4) is 28.5 Å². The fraction of sp³-hybridized carbons (Fsp3) is 0.167. The summed E-state index contributed by atoms with van der Waals surface area (Å²) in [4.78, 5) is 35.8. The number of amides is 2. The van der Waals surface area contributed by atoms with Crippen molar-refractivity contribution < 1.29 is 14.7 Å². The number of aromatic nitrogens is 3. The van der Waals surface area contributed by atoms with E-state index >= 15 is 0 Å². The Hall–Kier alpha value is -4.85. The zero-order chi connectivity index (χ0) is 28.1. The summed E-state index contributed by atoms with van der Waals surface area (Å²) < 4.78 is 1.61. The molecular weight excluding hydrogens is 524 g/mol. The van der Waals surface area contributed by atoms with E-state index in [1.807, 2.05) is 54.1 Å². The Balaban J connectivity index is 1.41. The number of fused-ring (bicyclic) bond motifs is 1. The van der Waals surface area contributed by atoms with Crippen molar-refractivity contribution in [3.05, 3.63) is 100 Å². The monoisotopic (exact) mass is 550 g/mol. The fourth-order valence-corrected chi connectivity index (χ4v) is 5.02. The minimum Gasteiger partial charge on any atom is -0.394 e. The number of aliphatic hydroxyl groups excluding tert-OH is 1. The van der Waals surface area contributed by atoms with Crippen LogP contribution in [0.4, 0.5) is 0 Å². The molecule has 0 aliphatic carbocycles. The quantitative estimate of drug-likeness (QED) is 0.249. The molecule has 4 aromatic heterocycles. The Morgan fingerprint density at radius 2 is 1.95 bits per heavy atom. The van der Waals surface area contributed by atoms with Crippen LogP contribution in [0.5, 0.6) is 0 Å². The first-order valence-electron chi connectivity index (χ1n) is 12.7. The molecule has 0 fully saturated rings. The second kappa shape index (κ2) is 11.9. The molecule has 2 amide bonds. The summed E-state index contributed by atoms with van der Waals surface area (Å²) in [5.74, 6) is -0.739. The van der Waals surface area contributed by atoms with Crippen LogP contribution in [-0.4, -0.2) is 43.9 Å². The van der Waals surface area contributed by atoms with Gasteiger partial charge in [-0.3, -0.25) is 19.0 Å². The molecule has 0 unspecified atom stereocenters. The first kappa shape index (κ1) is 26.7. The van der Waals surface area contributed by atoms with Crippen LogP contribution in [0.1, 0.15) is 45.4 Å². The largest absolute Gasteiger partial charge is 0.394 e. The lowest BCUT2D eigenvalue weighted by molar-refractivity contribution is 0.0907. The van der Waals surface area contributed by atoms with Gasteiger partial charge in [0, 0.05) is 34.5 Å². The molecule has 0 saturated carbocycles. The smallest absolute Gasteiger partial charge is 0.270 e. The van der Waals surface area contributed by atoms with E-state index in [4.69, 9.17) is 4.98 Å². The predicted molar refractivity (Wildman–Crippen MR) is 153 cm³/mol. The summed E-state index contributed by atoms with van der Waals surface area (Å²) in [6, 6.07) is 18.0. The highest BCUT2D eigenvalue weighted by Gasteiger charge is 2.25. The van der Waals surface area contributed by atoms with Crippen molar-refractivity contribution in [1.82, 2.24) is 25.0 Å². The number of imidazole rings is 1. The highest BCUT2D eigenvalue weighted by molar-refractivity contribution is 7.08. The highest BCUT2D eigenvalue weighted by atomic mass is 32.1. The van der Waals surface area contributed by atoms with Gasteiger partial charge in [-0.25, -0.2) is 4.98 Å². The molecule has 0 aliphatic rings. The lowest BCUT2D eigenvalue weighted by Gasteiger charge is -2.14. The van der Waals surface area contributed by atoms with E-state index in [1.165, 1.54) is 11.3 Å². The zero-order valence-electron chi connectivity index (χ0n) is 21.7. The number of nitriles is 1. The number of rotatable bonds is 9. The molecule has 0 saturated heterocycles. The maximum Gasteiger partial charge on any atom is 0.270 e. The van der Waals surface area contributed by atoms with E-state index in [-0.39, 0.29) is 25.0 Å². The van der Waals surface area contributed by atoms with Gasteiger partial charge in [-0.1, -0.05) is 31.2 Å². The Morgan fingerprint density at radius 1 is 1.10 bits per heavy atom. The summed E-state index contributed by atoms with van der Waals surface area (Å²) >= 11 is 1.48. The van der Waals surface area contributed by atoms with Crippen molar-refractivity contribution in [3.63, 3.8) is 0 Å². The van der Waals surface area contributed by atoms with Crippen LogP contribution < -0.4 is 10.6 Å². The third-order valence-corrected chi connectivity index (χ3v) is 7.25. The molecule has 200 valence electrons. The predicted octanol–water partition coefficient (Wildman–Crippen LogP) is 4.43. The molecule has 5 aromatic rings. The zero-order valence-corrected chi connectivity index (χ0v) is 22.5. The molecule has 0 aliphatic heterocycles. The maximum atomic E-state index is 13.3. The molecule has 3 N–H and O–H groups in total. The molecule has 1 atom stereocenters. The minimum absolute atomic E-state index is 0.180. The van der Waals surface area contributed by atoms with Gasteiger partial charge in [0.25, 0.3) is 11.8 Å². The molecule has 10 heteroatoms.